The van der Waals surface area contributed by atoms with Crippen LogP contribution in [0.1, 0.15) is 85.5 Å². The Bertz CT molecular complexity index is 202. The molecule has 1 fully saturated rings. The van der Waals surface area contributed by atoms with E-state index in [4.69, 9.17) is 0 Å². The van der Waals surface area contributed by atoms with Gasteiger partial charge in [-0.2, -0.15) is 0 Å². The summed E-state index contributed by atoms with van der Waals surface area (Å²) in [7, 11) is 0. The maximum atomic E-state index is 3.94. The third-order valence-corrected chi connectivity index (χ3v) is 5.08. The molecule has 1 nitrogen and oxygen atoms in total. The van der Waals surface area contributed by atoms with Crippen LogP contribution in [-0.2, 0) is 0 Å². The maximum Gasteiger partial charge on any atom is 0.0207 e. The molecule has 0 aromatic heterocycles. The lowest BCUT2D eigenvalue weighted by atomic mass is 9.74. The fourth-order valence-corrected chi connectivity index (χ4v) is 3.53. The fourth-order valence-electron chi connectivity index (χ4n) is 3.53. The van der Waals surface area contributed by atoms with Crippen LogP contribution in [0.3, 0.4) is 0 Å². The number of rotatable bonds is 7. The van der Waals surface area contributed by atoms with E-state index in [0.717, 1.165) is 11.8 Å². The molecule has 1 saturated heterocycles. The molecule has 0 bridgehead atoms. The zero-order valence-corrected chi connectivity index (χ0v) is 13.2. The molecule has 1 heteroatoms. The highest BCUT2D eigenvalue weighted by Crippen LogP contribution is 2.35. The van der Waals surface area contributed by atoms with Crippen LogP contribution in [0.4, 0.5) is 0 Å². The molecule has 1 heterocycles. The van der Waals surface area contributed by atoms with Gasteiger partial charge in [0.2, 0.25) is 0 Å². The van der Waals surface area contributed by atoms with Crippen LogP contribution < -0.4 is 5.32 Å². The summed E-state index contributed by atoms with van der Waals surface area (Å²) < 4.78 is 0. The van der Waals surface area contributed by atoms with Gasteiger partial charge in [-0.1, -0.05) is 66.2 Å². The van der Waals surface area contributed by atoms with Crippen LogP contribution in [0.2, 0.25) is 0 Å². The third-order valence-electron chi connectivity index (χ3n) is 5.08. The van der Waals surface area contributed by atoms with Crippen molar-refractivity contribution in [1.82, 2.24) is 5.32 Å². The predicted octanol–water partition coefficient (Wildman–Crippen LogP) is 5.15. The summed E-state index contributed by atoms with van der Waals surface area (Å²) >= 11 is 0. The van der Waals surface area contributed by atoms with Crippen LogP contribution in [0.25, 0.3) is 0 Å². The van der Waals surface area contributed by atoms with Crippen molar-refractivity contribution >= 4 is 0 Å². The molecule has 1 aliphatic heterocycles. The highest BCUT2D eigenvalue weighted by Gasteiger charge is 2.35. The topological polar surface area (TPSA) is 12.0 Å². The molecule has 0 saturated carbocycles. The number of hydrogen-bond donors (Lipinski definition) is 1. The molecule has 0 aromatic carbocycles. The van der Waals surface area contributed by atoms with E-state index in [0.29, 0.717) is 5.54 Å². The SMILES string of the molecule is CCCCC(CC)CC1(C(C)C)CCCCCN1. The van der Waals surface area contributed by atoms with E-state index >= 15 is 0 Å². The van der Waals surface area contributed by atoms with Gasteiger partial charge in [0.25, 0.3) is 0 Å². The molecule has 0 aliphatic carbocycles. The van der Waals surface area contributed by atoms with Gasteiger partial charge in [-0.3, -0.25) is 0 Å². The Morgan fingerprint density at radius 3 is 2.50 bits per heavy atom. The average molecular weight is 253 g/mol. The molecule has 1 N–H and O–H groups in total. The van der Waals surface area contributed by atoms with E-state index in [-0.39, 0.29) is 0 Å². The standard InChI is InChI=1S/C17H35N/c1-5-7-11-16(6-2)14-17(15(3)4)12-9-8-10-13-18-17/h15-16,18H,5-14H2,1-4H3. The van der Waals surface area contributed by atoms with Gasteiger partial charge >= 0.3 is 0 Å². The van der Waals surface area contributed by atoms with Crippen molar-refractivity contribution in [2.75, 3.05) is 6.54 Å². The van der Waals surface area contributed by atoms with Gasteiger partial charge in [-0.05, 0) is 37.6 Å². The zero-order chi connectivity index (χ0) is 13.4. The van der Waals surface area contributed by atoms with Crippen LogP contribution in [0, 0.1) is 11.8 Å². The first-order valence-electron chi connectivity index (χ1n) is 8.39. The quantitative estimate of drug-likeness (QED) is 0.661. The molecule has 0 aromatic rings. The Balaban J connectivity index is 2.64. The summed E-state index contributed by atoms with van der Waals surface area (Å²) in [5.74, 6) is 1.70. The van der Waals surface area contributed by atoms with Gasteiger partial charge in [-0.25, -0.2) is 0 Å². The molecular weight excluding hydrogens is 218 g/mol. The third kappa shape index (κ3) is 4.57. The maximum absolute atomic E-state index is 3.94. The molecule has 18 heavy (non-hydrogen) atoms. The van der Waals surface area contributed by atoms with Crippen molar-refractivity contribution in [2.24, 2.45) is 11.8 Å². The van der Waals surface area contributed by atoms with Gasteiger partial charge in [0.1, 0.15) is 0 Å². The van der Waals surface area contributed by atoms with Gasteiger partial charge in [-0.15, -0.1) is 0 Å². The lowest BCUT2D eigenvalue weighted by Gasteiger charge is -2.41. The van der Waals surface area contributed by atoms with E-state index in [1.165, 1.54) is 64.3 Å². The van der Waals surface area contributed by atoms with Gasteiger partial charge in [0.15, 0.2) is 0 Å². The minimum Gasteiger partial charge on any atom is -0.311 e. The minimum atomic E-state index is 0.435. The monoisotopic (exact) mass is 253 g/mol. The minimum absolute atomic E-state index is 0.435. The fraction of sp³-hybridized carbons (Fsp3) is 1.00. The highest BCUT2D eigenvalue weighted by atomic mass is 15.0. The van der Waals surface area contributed by atoms with Gasteiger partial charge in [0.05, 0.1) is 0 Å². The molecule has 108 valence electrons. The number of unbranched alkanes of at least 4 members (excludes halogenated alkanes) is 1. The first-order valence-corrected chi connectivity index (χ1v) is 8.39. The molecule has 0 amide bonds. The lowest BCUT2D eigenvalue weighted by molar-refractivity contribution is 0.169. The summed E-state index contributed by atoms with van der Waals surface area (Å²) in [4.78, 5) is 0. The van der Waals surface area contributed by atoms with Crippen LogP contribution in [0.15, 0.2) is 0 Å². The summed E-state index contributed by atoms with van der Waals surface area (Å²) in [5, 5.41) is 3.94. The van der Waals surface area contributed by atoms with E-state index in [1.54, 1.807) is 0 Å². The smallest absolute Gasteiger partial charge is 0.0207 e. The van der Waals surface area contributed by atoms with E-state index in [2.05, 4.69) is 33.0 Å². The van der Waals surface area contributed by atoms with Crippen LogP contribution >= 0.6 is 0 Å². The number of hydrogen-bond acceptors (Lipinski definition) is 1. The van der Waals surface area contributed by atoms with E-state index < -0.39 is 0 Å². The summed E-state index contributed by atoms with van der Waals surface area (Å²) in [6, 6.07) is 0. The van der Waals surface area contributed by atoms with Gasteiger partial charge in [0, 0.05) is 5.54 Å². The summed E-state index contributed by atoms with van der Waals surface area (Å²) in [6.07, 6.45) is 12.6. The summed E-state index contributed by atoms with van der Waals surface area (Å²) in [5.41, 5.74) is 0.435. The van der Waals surface area contributed by atoms with Crippen LogP contribution in [-0.4, -0.2) is 12.1 Å². The molecule has 2 unspecified atom stereocenters. The molecule has 0 spiro atoms. The van der Waals surface area contributed by atoms with E-state index in [1.807, 2.05) is 0 Å². The second-order valence-corrected chi connectivity index (χ2v) is 6.67. The Morgan fingerprint density at radius 1 is 1.11 bits per heavy atom. The van der Waals surface area contributed by atoms with Crippen molar-refractivity contribution in [3.63, 3.8) is 0 Å². The van der Waals surface area contributed by atoms with Crippen molar-refractivity contribution in [1.29, 1.82) is 0 Å². The Labute approximate surface area is 115 Å². The molecule has 1 rings (SSSR count). The summed E-state index contributed by atoms with van der Waals surface area (Å²) in [6.45, 7) is 10.8. The van der Waals surface area contributed by atoms with Crippen molar-refractivity contribution in [3.8, 4) is 0 Å². The average Bonchev–Trinajstić information content (AvgIpc) is 2.61. The lowest BCUT2D eigenvalue weighted by Crippen LogP contribution is -2.50. The zero-order valence-electron chi connectivity index (χ0n) is 13.2. The second-order valence-electron chi connectivity index (χ2n) is 6.67. The normalized spacial score (nSPS) is 27.2. The predicted molar refractivity (Wildman–Crippen MR) is 82.0 cm³/mol. The molecule has 2 atom stereocenters. The van der Waals surface area contributed by atoms with Crippen molar-refractivity contribution < 1.29 is 0 Å². The van der Waals surface area contributed by atoms with Crippen molar-refractivity contribution in [2.45, 2.75) is 91.0 Å². The molecule has 0 radical (unpaired) electrons. The first kappa shape index (κ1) is 16.0. The Hall–Kier alpha value is -0.0400. The molecule has 1 aliphatic rings. The second kappa shape index (κ2) is 8.19. The Morgan fingerprint density at radius 2 is 1.89 bits per heavy atom. The Kier molecular flexibility index (Phi) is 7.29. The molecular formula is C17H35N. The van der Waals surface area contributed by atoms with Gasteiger partial charge < -0.3 is 5.32 Å². The largest absolute Gasteiger partial charge is 0.311 e. The highest BCUT2D eigenvalue weighted by molar-refractivity contribution is 4.94. The van der Waals surface area contributed by atoms with Crippen LogP contribution in [0.5, 0.6) is 0 Å². The van der Waals surface area contributed by atoms with Crippen molar-refractivity contribution in [3.05, 3.63) is 0 Å². The number of nitrogens with one attached hydrogen (secondary N) is 1. The first-order chi connectivity index (χ1) is 8.64. The van der Waals surface area contributed by atoms with E-state index in [9.17, 15) is 0 Å².